The minimum absolute atomic E-state index is 0.495. The number of piperazine rings is 1. The van der Waals surface area contributed by atoms with Crippen molar-refractivity contribution in [2.75, 3.05) is 37.3 Å². The van der Waals surface area contributed by atoms with Gasteiger partial charge < -0.3 is 9.64 Å². The molecule has 2 fully saturated rings. The van der Waals surface area contributed by atoms with E-state index in [1.165, 1.54) is 34.5 Å². The smallest absolute Gasteiger partial charge is 0.211 e. The number of hydrogen-bond donors (Lipinski definition) is 0. The molecule has 2 atom stereocenters. The quantitative estimate of drug-likeness (QED) is 0.436. The second-order valence-corrected chi connectivity index (χ2v) is 12.1. The summed E-state index contributed by atoms with van der Waals surface area (Å²) in [5.41, 5.74) is 7.32. The van der Waals surface area contributed by atoms with E-state index < -0.39 is 10.0 Å². The molecule has 6 rings (SSSR count). The normalized spacial score (nSPS) is 20.5. The zero-order valence-electron chi connectivity index (χ0n) is 22.3. The van der Waals surface area contributed by atoms with Crippen LogP contribution < -0.4 is 9.64 Å². The molecule has 0 N–H and O–H groups in total. The number of anilines is 1. The van der Waals surface area contributed by atoms with Gasteiger partial charge in [0.05, 0.1) is 6.26 Å². The van der Waals surface area contributed by atoms with Gasteiger partial charge in [0.2, 0.25) is 10.0 Å². The van der Waals surface area contributed by atoms with Gasteiger partial charge >= 0.3 is 0 Å². The second-order valence-electron chi connectivity index (χ2n) is 10.1. The molecule has 1 saturated heterocycles. The molecule has 3 aromatic rings. The van der Waals surface area contributed by atoms with Gasteiger partial charge in [-0.15, -0.1) is 0 Å². The molecule has 2 aromatic carbocycles. The fourth-order valence-electron chi connectivity index (χ4n) is 5.62. The maximum atomic E-state index is 11.8. The first-order valence-electron chi connectivity index (χ1n) is 13.4. The van der Waals surface area contributed by atoms with Crippen LogP contribution in [0.4, 0.5) is 5.82 Å². The minimum Gasteiger partial charge on any atom is -0.489 e. The Labute approximate surface area is 221 Å². The van der Waals surface area contributed by atoms with Crippen LogP contribution in [0.1, 0.15) is 48.6 Å². The third kappa shape index (κ3) is 5.53. The highest BCUT2D eigenvalue weighted by Crippen LogP contribution is 2.56. The molecule has 1 aromatic heterocycles. The largest absolute Gasteiger partial charge is 0.489 e. The van der Waals surface area contributed by atoms with Gasteiger partial charge in [0, 0.05) is 37.4 Å². The Morgan fingerprint density at radius 3 is 2.51 bits per heavy atom. The monoisotopic (exact) mass is 519 g/mol. The summed E-state index contributed by atoms with van der Waals surface area (Å²) in [6, 6.07) is 19.2. The van der Waals surface area contributed by atoms with Gasteiger partial charge in [-0.05, 0) is 84.2 Å². The number of ether oxygens (including phenoxy) is 1. The predicted octanol–water partition coefficient (Wildman–Crippen LogP) is 5.40. The van der Waals surface area contributed by atoms with Crippen molar-refractivity contribution in [2.24, 2.45) is 5.92 Å². The van der Waals surface area contributed by atoms with E-state index in [-0.39, 0.29) is 0 Å². The van der Waals surface area contributed by atoms with Crippen molar-refractivity contribution >= 4 is 15.8 Å². The van der Waals surface area contributed by atoms with Crippen molar-refractivity contribution in [3.8, 4) is 16.9 Å². The lowest BCUT2D eigenvalue weighted by Gasteiger charge is -2.34. The lowest BCUT2D eigenvalue weighted by molar-refractivity contribution is 0.306. The Morgan fingerprint density at radius 2 is 1.78 bits per heavy atom. The van der Waals surface area contributed by atoms with E-state index in [1.54, 1.807) is 0 Å². The molecule has 2 aliphatic carbocycles. The molecule has 37 heavy (non-hydrogen) atoms. The van der Waals surface area contributed by atoms with Crippen molar-refractivity contribution in [1.29, 1.82) is 0 Å². The fourth-order valence-corrected chi connectivity index (χ4v) is 6.45. The molecule has 7 heteroatoms. The molecule has 1 aliphatic heterocycles. The first kappa shape index (κ1) is 25.7. The predicted molar refractivity (Wildman–Crippen MR) is 150 cm³/mol. The highest BCUT2D eigenvalue weighted by Gasteiger charge is 2.44. The SMILES string of the molecule is CC.Cc1nc(N2CCN(S(C)(=O)=O)CC2)ccc1-c1cccc(COc2ccc3c(c2)CC2CC32)c1. The van der Waals surface area contributed by atoms with E-state index in [0.29, 0.717) is 32.8 Å². The molecule has 2 unspecified atom stereocenters. The first-order valence-corrected chi connectivity index (χ1v) is 15.2. The van der Waals surface area contributed by atoms with Crippen LogP contribution >= 0.6 is 0 Å². The van der Waals surface area contributed by atoms with Crippen molar-refractivity contribution in [1.82, 2.24) is 9.29 Å². The summed E-state index contributed by atoms with van der Waals surface area (Å²) in [6.07, 6.45) is 3.85. The van der Waals surface area contributed by atoms with Crippen LogP contribution in [-0.4, -0.2) is 50.1 Å². The van der Waals surface area contributed by atoms with Crippen LogP contribution in [0, 0.1) is 12.8 Å². The minimum atomic E-state index is -3.14. The van der Waals surface area contributed by atoms with E-state index >= 15 is 0 Å². The zero-order chi connectivity index (χ0) is 26.2. The number of nitrogens with zero attached hydrogens (tertiary/aromatic N) is 3. The third-order valence-corrected chi connectivity index (χ3v) is 8.97. The van der Waals surface area contributed by atoms with E-state index in [2.05, 4.69) is 53.4 Å². The summed E-state index contributed by atoms with van der Waals surface area (Å²) in [6.45, 7) is 8.85. The number of fused-ring (bicyclic) bond motifs is 3. The molecular weight excluding hydrogens is 482 g/mol. The van der Waals surface area contributed by atoms with E-state index in [4.69, 9.17) is 9.72 Å². The van der Waals surface area contributed by atoms with E-state index in [1.807, 2.05) is 26.8 Å². The van der Waals surface area contributed by atoms with Crippen molar-refractivity contribution in [2.45, 2.75) is 46.1 Å². The van der Waals surface area contributed by atoms with Gasteiger partial charge in [0.15, 0.2) is 0 Å². The van der Waals surface area contributed by atoms with Crippen LogP contribution in [0.3, 0.4) is 0 Å². The Bertz CT molecular complexity index is 1380. The van der Waals surface area contributed by atoms with Crippen LogP contribution in [0.15, 0.2) is 54.6 Å². The Hall–Kier alpha value is -2.90. The maximum absolute atomic E-state index is 11.8. The topological polar surface area (TPSA) is 62.7 Å². The summed E-state index contributed by atoms with van der Waals surface area (Å²) in [4.78, 5) is 7.01. The summed E-state index contributed by atoms with van der Waals surface area (Å²) in [7, 11) is -3.14. The lowest BCUT2D eigenvalue weighted by atomic mass is 10.0. The van der Waals surface area contributed by atoms with Crippen LogP contribution in [0.25, 0.3) is 11.1 Å². The van der Waals surface area contributed by atoms with Crippen LogP contribution in [0.2, 0.25) is 0 Å². The number of benzene rings is 2. The molecule has 0 amide bonds. The summed E-state index contributed by atoms with van der Waals surface area (Å²) in [5.74, 6) is 3.55. The van der Waals surface area contributed by atoms with Gasteiger partial charge in [-0.3, -0.25) is 0 Å². The number of aromatic nitrogens is 1. The maximum Gasteiger partial charge on any atom is 0.211 e. The molecule has 0 radical (unpaired) electrons. The van der Waals surface area contributed by atoms with Gasteiger partial charge in [-0.1, -0.05) is 38.1 Å². The van der Waals surface area contributed by atoms with Crippen molar-refractivity contribution in [3.63, 3.8) is 0 Å². The van der Waals surface area contributed by atoms with Gasteiger partial charge in [0.25, 0.3) is 0 Å². The van der Waals surface area contributed by atoms with Crippen molar-refractivity contribution in [3.05, 3.63) is 77.0 Å². The number of rotatable bonds is 6. The average Bonchev–Trinajstić information content (AvgIpc) is 3.58. The average molecular weight is 520 g/mol. The Balaban J connectivity index is 0.00000137. The third-order valence-electron chi connectivity index (χ3n) is 7.66. The highest BCUT2D eigenvalue weighted by atomic mass is 32.2. The van der Waals surface area contributed by atoms with E-state index in [0.717, 1.165) is 45.8 Å². The summed E-state index contributed by atoms with van der Waals surface area (Å²) >= 11 is 0. The molecule has 2 heterocycles. The molecule has 0 spiro atoms. The summed E-state index contributed by atoms with van der Waals surface area (Å²) < 4.78 is 31.2. The first-order chi connectivity index (χ1) is 17.8. The lowest BCUT2D eigenvalue weighted by Crippen LogP contribution is -2.48. The Morgan fingerprint density at radius 1 is 1.00 bits per heavy atom. The fraction of sp³-hybridized carbons (Fsp3) is 0.433. The molecule has 196 valence electrons. The second kappa shape index (κ2) is 10.5. The molecule has 1 saturated carbocycles. The standard InChI is InChI=1S/C28H31N3O3S.C2H6/c1-19-25(8-9-28(29-19)30-10-12-31(13-11-30)35(2,32)33)21-5-3-4-20(14-21)18-34-24-6-7-26-22(16-24)15-23-17-27(23)26;1-2/h3-9,14,16,23,27H,10-13,15,17-18H2,1-2H3;1-2H3. The number of sulfonamides is 1. The Kier molecular flexibility index (Phi) is 7.28. The van der Waals surface area contributed by atoms with Crippen LogP contribution in [-0.2, 0) is 23.1 Å². The molecular formula is C30H37N3O3S. The van der Waals surface area contributed by atoms with Crippen LogP contribution in [0.5, 0.6) is 5.75 Å². The van der Waals surface area contributed by atoms with Crippen molar-refractivity contribution < 1.29 is 13.2 Å². The number of aryl methyl sites for hydroxylation is 1. The van der Waals surface area contributed by atoms with Gasteiger partial charge in [-0.2, -0.15) is 4.31 Å². The summed E-state index contributed by atoms with van der Waals surface area (Å²) in [5, 5.41) is 0. The van der Waals surface area contributed by atoms with Gasteiger partial charge in [-0.25, -0.2) is 13.4 Å². The molecule has 3 aliphatic rings. The van der Waals surface area contributed by atoms with E-state index in [9.17, 15) is 8.42 Å². The highest BCUT2D eigenvalue weighted by molar-refractivity contribution is 7.88. The number of hydrogen-bond acceptors (Lipinski definition) is 5. The van der Waals surface area contributed by atoms with Gasteiger partial charge in [0.1, 0.15) is 18.2 Å². The number of pyridine rings is 1. The zero-order valence-corrected chi connectivity index (χ0v) is 23.1. The molecule has 0 bridgehead atoms. The molecule has 6 nitrogen and oxygen atoms in total.